The first-order valence-electron chi connectivity index (χ1n) is 6.48. The topological polar surface area (TPSA) is 29.1 Å². The highest BCUT2D eigenvalue weighted by atomic mass is 79.9. The Kier molecular flexibility index (Phi) is 3.76. The second kappa shape index (κ2) is 5.43. The summed E-state index contributed by atoms with van der Waals surface area (Å²) >= 11 is 9.96. The molecule has 2 nitrogen and oxygen atoms in total. The maximum Gasteiger partial charge on any atom is 0.228 e. The van der Waals surface area contributed by atoms with Gasteiger partial charge in [-0.25, -0.2) is 4.39 Å². The first-order valence-corrected chi connectivity index (χ1v) is 7.77. The number of hydrogen-bond donors (Lipinski definition) is 1. The van der Waals surface area contributed by atoms with Crippen LogP contribution in [0.2, 0.25) is 5.02 Å². The Bertz CT molecular complexity index is 747. The molecule has 1 unspecified atom stereocenters. The molecule has 1 aliphatic heterocycles. The van der Waals surface area contributed by atoms with Crippen molar-refractivity contribution in [3.63, 3.8) is 0 Å². The molecule has 108 valence electrons. The zero-order valence-electron chi connectivity index (χ0n) is 11.2. The molecular formula is C16H12BrClFNO. The maximum atomic E-state index is 13.2. The molecule has 0 saturated heterocycles. The molecule has 1 amide bonds. The Balaban J connectivity index is 2.04. The lowest BCUT2D eigenvalue weighted by Crippen LogP contribution is -2.03. The van der Waals surface area contributed by atoms with Gasteiger partial charge in [-0.3, -0.25) is 4.79 Å². The molecule has 1 aliphatic rings. The van der Waals surface area contributed by atoms with E-state index in [0.29, 0.717) is 11.4 Å². The lowest BCUT2D eigenvalue weighted by Gasteiger charge is -2.16. The number of benzene rings is 2. The molecule has 0 bridgehead atoms. The van der Waals surface area contributed by atoms with Gasteiger partial charge in [0.05, 0.1) is 11.2 Å². The molecule has 0 aliphatic carbocycles. The van der Waals surface area contributed by atoms with Gasteiger partial charge in [-0.1, -0.05) is 39.7 Å². The van der Waals surface area contributed by atoms with E-state index in [1.165, 1.54) is 12.1 Å². The molecular weight excluding hydrogens is 357 g/mol. The number of nitrogens with one attached hydrogen (secondary N) is 1. The molecule has 2 aromatic rings. The molecule has 1 atom stereocenters. The zero-order chi connectivity index (χ0) is 15.1. The molecule has 3 rings (SSSR count). The van der Waals surface area contributed by atoms with Crippen LogP contribution < -0.4 is 5.32 Å². The molecule has 1 heterocycles. The molecule has 1 N–H and O–H groups in total. The summed E-state index contributed by atoms with van der Waals surface area (Å²) in [7, 11) is 0. The second-order valence-electron chi connectivity index (χ2n) is 5.12. The molecule has 0 fully saturated rings. The number of rotatable bonds is 2. The van der Waals surface area contributed by atoms with E-state index in [2.05, 4.69) is 21.2 Å². The summed E-state index contributed by atoms with van der Waals surface area (Å²) in [6.45, 7) is 1.86. The predicted molar refractivity (Wildman–Crippen MR) is 85.7 cm³/mol. The Morgan fingerprint density at radius 2 is 2.05 bits per heavy atom. The van der Waals surface area contributed by atoms with Crippen LogP contribution in [0.15, 0.2) is 30.3 Å². The van der Waals surface area contributed by atoms with E-state index in [9.17, 15) is 9.18 Å². The number of fused-ring (bicyclic) bond motifs is 1. The standard InChI is InChI=1S/C16H12BrClFNO/c1-8-4-10(19)2-3-11(8)16(17)12-5-9-6-15(21)20-14(9)7-13(12)18/h2-5,7,16H,6H2,1H3,(H,20,21). The van der Waals surface area contributed by atoms with Gasteiger partial charge in [-0.15, -0.1) is 0 Å². The third kappa shape index (κ3) is 2.70. The van der Waals surface area contributed by atoms with Crippen molar-refractivity contribution in [2.75, 3.05) is 5.32 Å². The zero-order valence-corrected chi connectivity index (χ0v) is 13.6. The number of carbonyl (C=O) groups excluding carboxylic acids is 1. The summed E-state index contributed by atoms with van der Waals surface area (Å²) in [5.41, 5.74) is 4.38. The van der Waals surface area contributed by atoms with Crippen LogP contribution in [-0.2, 0) is 11.2 Å². The van der Waals surface area contributed by atoms with Crippen LogP contribution in [-0.4, -0.2) is 5.91 Å². The normalized spacial score (nSPS) is 14.8. The van der Waals surface area contributed by atoms with Gasteiger partial charge in [0.15, 0.2) is 0 Å². The smallest absolute Gasteiger partial charge is 0.228 e. The van der Waals surface area contributed by atoms with E-state index in [0.717, 1.165) is 27.9 Å². The van der Waals surface area contributed by atoms with Gasteiger partial charge in [0, 0.05) is 10.7 Å². The first-order chi connectivity index (χ1) is 9.95. The van der Waals surface area contributed by atoms with Gasteiger partial charge in [-0.05, 0) is 47.4 Å². The van der Waals surface area contributed by atoms with Gasteiger partial charge >= 0.3 is 0 Å². The minimum atomic E-state index is -0.259. The lowest BCUT2D eigenvalue weighted by atomic mass is 9.98. The predicted octanol–water partition coefficient (Wildman–Crippen LogP) is 4.77. The monoisotopic (exact) mass is 367 g/mol. The molecule has 0 radical (unpaired) electrons. The van der Waals surface area contributed by atoms with Gasteiger partial charge in [0.2, 0.25) is 5.91 Å². The third-order valence-corrected chi connectivity index (χ3v) is 4.94. The Morgan fingerprint density at radius 3 is 2.76 bits per heavy atom. The first kappa shape index (κ1) is 14.5. The van der Waals surface area contributed by atoms with Gasteiger partial charge in [0.25, 0.3) is 0 Å². The number of amides is 1. The highest BCUT2D eigenvalue weighted by molar-refractivity contribution is 9.09. The van der Waals surface area contributed by atoms with E-state index in [4.69, 9.17) is 11.6 Å². The fourth-order valence-electron chi connectivity index (χ4n) is 2.55. The van der Waals surface area contributed by atoms with Crippen molar-refractivity contribution >= 4 is 39.1 Å². The molecule has 0 saturated carbocycles. The third-order valence-electron chi connectivity index (χ3n) is 3.63. The molecule has 21 heavy (non-hydrogen) atoms. The summed E-state index contributed by atoms with van der Waals surface area (Å²) < 4.78 is 13.2. The average Bonchev–Trinajstić information content (AvgIpc) is 2.76. The van der Waals surface area contributed by atoms with Crippen LogP contribution in [0, 0.1) is 12.7 Å². The van der Waals surface area contributed by atoms with Crippen molar-refractivity contribution in [2.24, 2.45) is 0 Å². The summed E-state index contributed by atoms with van der Waals surface area (Å²) in [4.78, 5) is 11.3. The quantitative estimate of drug-likeness (QED) is 0.760. The molecule has 0 aromatic heterocycles. The van der Waals surface area contributed by atoms with Gasteiger partial charge in [0.1, 0.15) is 5.82 Å². The van der Waals surface area contributed by atoms with Crippen molar-refractivity contribution in [1.29, 1.82) is 0 Å². The summed E-state index contributed by atoms with van der Waals surface area (Å²) in [6.07, 6.45) is 0.363. The number of carbonyl (C=O) groups is 1. The summed E-state index contributed by atoms with van der Waals surface area (Å²) in [6, 6.07) is 8.37. The van der Waals surface area contributed by atoms with Crippen LogP contribution in [0.4, 0.5) is 10.1 Å². The van der Waals surface area contributed by atoms with Crippen LogP contribution in [0.5, 0.6) is 0 Å². The van der Waals surface area contributed by atoms with Crippen molar-refractivity contribution in [3.05, 3.63) is 63.4 Å². The highest BCUT2D eigenvalue weighted by Crippen LogP contribution is 2.40. The summed E-state index contributed by atoms with van der Waals surface area (Å²) in [5, 5.41) is 3.35. The average molecular weight is 369 g/mol. The number of alkyl halides is 1. The minimum absolute atomic E-state index is 0.0256. The molecule has 2 aromatic carbocycles. The maximum absolute atomic E-state index is 13.2. The minimum Gasteiger partial charge on any atom is -0.325 e. The molecule has 5 heteroatoms. The number of hydrogen-bond acceptors (Lipinski definition) is 1. The largest absolute Gasteiger partial charge is 0.325 e. The van der Waals surface area contributed by atoms with Crippen LogP contribution in [0.25, 0.3) is 0 Å². The van der Waals surface area contributed by atoms with E-state index >= 15 is 0 Å². The van der Waals surface area contributed by atoms with Crippen molar-refractivity contribution in [2.45, 2.75) is 18.2 Å². The van der Waals surface area contributed by atoms with Crippen molar-refractivity contribution in [1.82, 2.24) is 0 Å². The van der Waals surface area contributed by atoms with Crippen molar-refractivity contribution in [3.8, 4) is 0 Å². The van der Waals surface area contributed by atoms with Crippen LogP contribution in [0.3, 0.4) is 0 Å². The fourth-order valence-corrected chi connectivity index (χ4v) is 3.85. The van der Waals surface area contributed by atoms with Crippen LogP contribution >= 0.6 is 27.5 Å². The van der Waals surface area contributed by atoms with Gasteiger partial charge < -0.3 is 5.32 Å². The van der Waals surface area contributed by atoms with Crippen molar-refractivity contribution < 1.29 is 9.18 Å². The summed E-state index contributed by atoms with van der Waals surface area (Å²) in [5.74, 6) is -0.284. The fraction of sp³-hybridized carbons (Fsp3) is 0.188. The van der Waals surface area contributed by atoms with Gasteiger partial charge in [-0.2, -0.15) is 0 Å². The lowest BCUT2D eigenvalue weighted by molar-refractivity contribution is -0.115. The number of halogens is 3. The Labute approximate surface area is 135 Å². The van der Waals surface area contributed by atoms with E-state index < -0.39 is 0 Å². The second-order valence-corrected chi connectivity index (χ2v) is 6.44. The van der Waals surface area contributed by atoms with E-state index in [1.807, 2.05) is 13.0 Å². The Morgan fingerprint density at radius 1 is 1.29 bits per heavy atom. The number of anilines is 1. The SMILES string of the molecule is Cc1cc(F)ccc1C(Br)c1cc2c(cc1Cl)NC(=O)C2. The van der Waals surface area contributed by atoms with Crippen LogP contribution in [0.1, 0.15) is 27.1 Å². The van der Waals surface area contributed by atoms with E-state index in [-0.39, 0.29) is 16.6 Å². The Hall–Kier alpha value is -1.39. The van der Waals surface area contributed by atoms with E-state index in [1.54, 1.807) is 12.1 Å². The number of aryl methyl sites for hydroxylation is 1. The highest BCUT2D eigenvalue weighted by Gasteiger charge is 2.23. The molecule has 0 spiro atoms.